The molecule has 1 rings (SSSR count). The maximum absolute atomic E-state index is 12.7. The Kier molecular flexibility index (Phi) is 6.09. The Morgan fingerprint density at radius 2 is 1.81 bits per heavy atom. The van der Waals surface area contributed by atoms with Crippen LogP contribution >= 0.6 is 0 Å². The third-order valence-electron chi connectivity index (χ3n) is 2.85. The van der Waals surface area contributed by atoms with Crippen molar-refractivity contribution in [2.45, 2.75) is 45.6 Å². The van der Waals surface area contributed by atoms with Gasteiger partial charge in [-0.15, -0.1) is 0 Å². The van der Waals surface area contributed by atoms with Gasteiger partial charge in [0, 0.05) is 6.04 Å². The molecule has 1 N–H and O–H groups in total. The molecule has 1 aromatic rings. The molecule has 0 aliphatic rings. The minimum absolute atomic E-state index is 0.168. The van der Waals surface area contributed by atoms with Gasteiger partial charge < -0.3 is 5.32 Å². The largest absolute Gasteiger partial charge is 0.310 e. The van der Waals surface area contributed by atoms with E-state index in [0.29, 0.717) is 6.04 Å². The van der Waals surface area contributed by atoms with Gasteiger partial charge in [-0.3, -0.25) is 0 Å². The van der Waals surface area contributed by atoms with Crippen LogP contribution in [0.5, 0.6) is 0 Å². The number of nitrogens with one attached hydrogen (secondary N) is 1. The van der Waals surface area contributed by atoms with Gasteiger partial charge in [-0.1, -0.05) is 38.3 Å². The van der Waals surface area contributed by atoms with Crippen LogP contribution in [0.4, 0.5) is 4.39 Å². The minimum Gasteiger partial charge on any atom is -0.310 e. The monoisotopic (exact) mass is 223 g/mol. The van der Waals surface area contributed by atoms with Crippen molar-refractivity contribution >= 4 is 0 Å². The van der Waals surface area contributed by atoms with Crippen LogP contribution in [0.2, 0.25) is 0 Å². The van der Waals surface area contributed by atoms with Crippen molar-refractivity contribution in [2.75, 3.05) is 6.54 Å². The molecule has 1 aromatic carbocycles. The van der Waals surface area contributed by atoms with Crippen molar-refractivity contribution in [3.05, 3.63) is 35.6 Å². The van der Waals surface area contributed by atoms with Crippen LogP contribution in [0.1, 0.15) is 51.1 Å². The molecule has 16 heavy (non-hydrogen) atoms. The number of unbranched alkanes of at least 4 members (excludes halogenated alkanes) is 3. The molecule has 0 aliphatic heterocycles. The van der Waals surface area contributed by atoms with Gasteiger partial charge in [0.25, 0.3) is 0 Å². The van der Waals surface area contributed by atoms with E-state index in [1.807, 2.05) is 12.1 Å². The Morgan fingerprint density at radius 3 is 2.44 bits per heavy atom. The molecular formula is C14H22FN. The molecule has 1 unspecified atom stereocenters. The summed E-state index contributed by atoms with van der Waals surface area (Å²) in [6.07, 6.45) is 5.10. The first-order valence-corrected chi connectivity index (χ1v) is 6.23. The van der Waals surface area contributed by atoms with Gasteiger partial charge in [0.15, 0.2) is 0 Å². The molecule has 0 bridgehead atoms. The third-order valence-corrected chi connectivity index (χ3v) is 2.85. The zero-order valence-electron chi connectivity index (χ0n) is 10.3. The second-order valence-electron chi connectivity index (χ2n) is 4.29. The van der Waals surface area contributed by atoms with Crippen LogP contribution < -0.4 is 5.32 Å². The van der Waals surface area contributed by atoms with Crippen molar-refractivity contribution in [1.82, 2.24) is 5.32 Å². The van der Waals surface area contributed by atoms with Gasteiger partial charge in [0.1, 0.15) is 5.82 Å². The number of hydrogen-bond acceptors (Lipinski definition) is 1. The SMILES string of the molecule is CCCCCCNC(C)c1ccc(F)cc1. The molecule has 0 aliphatic carbocycles. The maximum atomic E-state index is 12.7. The highest BCUT2D eigenvalue weighted by Crippen LogP contribution is 2.12. The molecule has 2 heteroatoms. The smallest absolute Gasteiger partial charge is 0.123 e. The summed E-state index contributed by atoms with van der Waals surface area (Å²) in [4.78, 5) is 0. The van der Waals surface area contributed by atoms with Crippen LogP contribution in [-0.2, 0) is 0 Å². The molecule has 0 amide bonds. The van der Waals surface area contributed by atoms with E-state index in [4.69, 9.17) is 0 Å². The molecule has 0 radical (unpaired) electrons. The Morgan fingerprint density at radius 1 is 1.12 bits per heavy atom. The average Bonchev–Trinajstić information content (AvgIpc) is 2.29. The topological polar surface area (TPSA) is 12.0 Å². The fourth-order valence-electron chi connectivity index (χ4n) is 1.74. The van der Waals surface area contributed by atoms with Gasteiger partial charge in [-0.2, -0.15) is 0 Å². The first-order valence-electron chi connectivity index (χ1n) is 6.23. The van der Waals surface area contributed by atoms with E-state index >= 15 is 0 Å². The summed E-state index contributed by atoms with van der Waals surface area (Å²) < 4.78 is 12.7. The highest BCUT2D eigenvalue weighted by atomic mass is 19.1. The molecule has 0 heterocycles. The van der Waals surface area contributed by atoms with E-state index in [1.165, 1.54) is 37.8 Å². The molecule has 1 atom stereocenters. The van der Waals surface area contributed by atoms with Gasteiger partial charge in [0.2, 0.25) is 0 Å². The van der Waals surface area contributed by atoms with E-state index in [-0.39, 0.29) is 5.82 Å². The molecule has 0 aromatic heterocycles. The summed E-state index contributed by atoms with van der Waals surface area (Å²) in [6, 6.07) is 7.04. The van der Waals surface area contributed by atoms with Crippen molar-refractivity contribution in [3.8, 4) is 0 Å². The zero-order chi connectivity index (χ0) is 11.8. The molecule has 0 saturated carbocycles. The van der Waals surface area contributed by atoms with Gasteiger partial charge in [-0.25, -0.2) is 4.39 Å². The fourth-order valence-corrected chi connectivity index (χ4v) is 1.74. The van der Waals surface area contributed by atoms with Crippen molar-refractivity contribution in [3.63, 3.8) is 0 Å². The third kappa shape index (κ3) is 4.75. The molecule has 0 spiro atoms. The first kappa shape index (κ1) is 13.2. The number of halogens is 1. The molecule has 90 valence electrons. The van der Waals surface area contributed by atoms with Gasteiger partial charge in [-0.05, 0) is 37.6 Å². The number of benzene rings is 1. The Labute approximate surface area is 98.1 Å². The molecule has 0 fully saturated rings. The predicted octanol–water partition coefficient (Wildman–Crippen LogP) is 4.06. The summed E-state index contributed by atoms with van der Waals surface area (Å²) in [6.45, 7) is 5.38. The lowest BCUT2D eigenvalue weighted by molar-refractivity contribution is 0.535. The van der Waals surface area contributed by atoms with Crippen LogP contribution in [0.15, 0.2) is 24.3 Å². The molecule has 1 nitrogen and oxygen atoms in total. The molecular weight excluding hydrogens is 201 g/mol. The summed E-state index contributed by atoms with van der Waals surface area (Å²) in [7, 11) is 0. The first-order chi connectivity index (χ1) is 7.74. The predicted molar refractivity (Wildman–Crippen MR) is 67.0 cm³/mol. The standard InChI is InChI=1S/C14H22FN/c1-3-4-5-6-11-16-12(2)13-7-9-14(15)10-8-13/h7-10,12,16H,3-6,11H2,1-2H3. The van der Waals surface area contributed by atoms with Crippen LogP contribution in [-0.4, -0.2) is 6.54 Å². The average molecular weight is 223 g/mol. The lowest BCUT2D eigenvalue weighted by atomic mass is 10.1. The van der Waals surface area contributed by atoms with E-state index in [0.717, 1.165) is 12.1 Å². The van der Waals surface area contributed by atoms with Crippen LogP contribution in [0, 0.1) is 5.82 Å². The van der Waals surface area contributed by atoms with Crippen molar-refractivity contribution in [1.29, 1.82) is 0 Å². The van der Waals surface area contributed by atoms with Crippen LogP contribution in [0.3, 0.4) is 0 Å². The lowest BCUT2D eigenvalue weighted by Gasteiger charge is -2.14. The van der Waals surface area contributed by atoms with E-state index < -0.39 is 0 Å². The maximum Gasteiger partial charge on any atom is 0.123 e. The highest BCUT2D eigenvalue weighted by Gasteiger charge is 2.03. The summed E-state index contributed by atoms with van der Waals surface area (Å²) in [5.74, 6) is -0.168. The van der Waals surface area contributed by atoms with Crippen molar-refractivity contribution < 1.29 is 4.39 Å². The Hall–Kier alpha value is -0.890. The minimum atomic E-state index is -0.168. The second kappa shape index (κ2) is 7.39. The Bertz CT molecular complexity index is 281. The summed E-state index contributed by atoms with van der Waals surface area (Å²) in [5, 5.41) is 3.45. The van der Waals surface area contributed by atoms with Gasteiger partial charge >= 0.3 is 0 Å². The van der Waals surface area contributed by atoms with E-state index in [2.05, 4.69) is 19.2 Å². The normalized spacial score (nSPS) is 12.7. The number of rotatable bonds is 7. The Balaban J connectivity index is 2.24. The lowest BCUT2D eigenvalue weighted by Crippen LogP contribution is -2.19. The highest BCUT2D eigenvalue weighted by molar-refractivity contribution is 5.19. The van der Waals surface area contributed by atoms with Crippen LogP contribution in [0.25, 0.3) is 0 Å². The van der Waals surface area contributed by atoms with E-state index in [9.17, 15) is 4.39 Å². The second-order valence-corrected chi connectivity index (χ2v) is 4.29. The zero-order valence-corrected chi connectivity index (χ0v) is 10.3. The quantitative estimate of drug-likeness (QED) is 0.687. The summed E-state index contributed by atoms with van der Waals surface area (Å²) >= 11 is 0. The summed E-state index contributed by atoms with van der Waals surface area (Å²) in [5.41, 5.74) is 1.15. The molecule has 0 saturated heterocycles. The fraction of sp³-hybridized carbons (Fsp3) is 0.571. The van der Waals surface area contributed by atoms with Crippen molar-refractivity contribution in [2.24, 2.45) is 0 Å². The number of hydrogen-bond donors (Lipinski definition) is 1. The van der Waals surface area contributed by atoms with E-state index in [1.54, 1.807) is 0 Å². The van der Waals surface area contributed by atoms with Gasteiger partial charge in [0.05, 0.1) is 0 Å².